The molecule has 0 saturated carbocycles. The third-order valence-corrected chi connectivity index (χ3v) is 4.37. The van der Waals surface area contributed by atoms with Crippen molar-refractivity contribution >= 4 is 43.9 Å². The molecule has 0 aliphatic carbocycles. The van der Waals surface area contributed by atoms with Crippen molar-refractivity contribution in [2.45, 2.75) is 12.7 Å². The Labute approximate surface area is 111 Å². The molecule has 2 rings (SSSR count). The summed E-state index contributed by atoms with van der Waals surface area (Å²) in [5.74, 6) is -1.10. The van der Waals surface area contributed by atoms with Gasteiger partial charge in [0.15, 0.2) is 0 Å². The van der Waals surface area contributed by atoms with Gasteiger partial charge in [-0.3, -0.25) is 0 Å². The summed E-state index contributed by atoms with van der Waals surface area (Å²) in [5, 5.41) is 4.86. The second-order valence-electron chi connectivity index (χ2n) is 2.97. The molecule has 92 valence electrons. The zero-order valence-corrected chi connectivity index (χ0v) is 11.3. The molecule has 3 nitrogen and oxygen atoms in total. The van der Waals surface area contributed by atoms with E-state index in [0.717, 1.165) is 9.35 Å². The molecule has 0 atom stereocenters. The van der Waals surface area contributed by atoms with Gasteiger partial charge in [0.25, 0.3) is 0 Å². The van der Waals surface area contributed by atoms with Crippen LogP contribution >= 0.6 is 38.8 Å². The van der Waals surface area contributed by atoms with E-state index < -0.39 is 12.0 Å². The molecule has 0 saturated heterocycles. The molecule has 0 unspecified atom stereocenters. The zero-order valence-electron chi connectivity index (χ0n) is 8.08. The van der Waals surface area contributed by atoms with E-state index in [1.165, 1.54) is 11.3 Å². The third kappa shape index (κ3) is 3.17. The number of alkyl halides is 3. The lowest BCUT2D eigenvalue weighted by atomic mass is 10.5. The van der Waals surface area contributed by atoms with Crippen molar-refractivity contribution in [3.05, 3.63) is 26.6 Å². The fourth-order valence-electron chi connectivity index (χ4n) is 1.02. The number of hydrogen-bond donors (Lipinski definition) is 1. The number of thiophene rings is 1. The van der Waals surface area contributed by atoms with Gasteiger partial charge in [0.1, 0.15) is 0 Å². The Balaban J connectivity index is 2.01. The highest BCUT2D eigenvalue weighted by Crippen LogP contribution is 2.29. The van der Waals surface area contributed by atoms with Crippen LogP contribution < -0.4 is 5.32 Å². The quantitative estimate of drug-likeness (QED) is 0.915. The summed E-state index contributed by atoms with van der Waals surface area (Å²) in [4.78, 5) is 4.37. The number of nitrogens with zero attached hydrogens (tertiary/aromatic N) is 2. The van der Waals surface area contributed by atoms with Crippen LogP contribution in [0.2, 0.25) is 0 Å². The van der Waals surface area contributed by atoms with Crippen molar-refractivity contribution in [3.63, 3.8) is 0 Å². The molecule has 0 aliphatic heterocycles. The lowest BCUT2D eigenvalue weighted by molar-refractivity contribution is -0.144. The number of rotatable bonds is 3. The van der Waals surface area contributed by atoms with E-state index in [2.05, 4.69) is 30.6 Å². The Morgan fingerprint density at radius 3 is 2.71 bits per heavy atom. The van der Waals surface area contributed by atoms with Crippen LogP contribution in [0.4, 0.5) is 18.3 Å². The van der Waals surface area contributed by atoms with Crippen LogP contribution in [0.1, 0.15) is 10.7 Å². The van der Waals surface area contributed by atoms with Crippen LogP contribution in [0.15, 0.2) is 15.9 Å². The Morgan fingerprint density at radius 1 is 1.41 bits per heavy atom. The van der Waals surface area contributed by atoms with E-state index >= 15 is 0 Å². The van der Waals surface area contributed by atoms with E-state index in [4.69, 9.17) is 0 Å². The normalized spacial score (nSPS) is 11.8. The van der Waals surface area contributed by atoms with Gasteiger partial charge in [-0.05, 0) is 27.4 Å². The summed E-state index contributed by atoms with van der Waals surface area (Å²) >= 11 is 5.54. The van der Waals surface area contributed by atoms with Gasteiger partial charge >= 0.3 is 6.18 Å². The second kappa shape index (κ2) is 4.91. The van der Waals surface area contributed by atoms with Gasteiger partial charge in [-0.1, -0.05) is 0 Å². The predicted octanol–water partition coefficient (Wildman–Crippen LogP) is 3.99. The van der Waals surface area contributed by atoms with E-state index in [-0.39, 0.29) is 5.13 Å². The summed E-state index contributed by atoms with van der Waals surface area (Å²) in [6, 6.07) is 1.88. The largest absolute Gasteiger partial charge is 0.452 e. The average molecular weight is 344 g/mol. The highest BCUT2D eigenvalue weighted by molar-refractivity contribution is 9.10. The summed E-state index contributed by atoms with van der Waals surface area (Å²) in [7, 11) is 0. The van der Waals surface area contributed by atoms with Crippen molar-refractivity contribution in [1.82, 2.24) is 9.36 Å². The summed E-state index contributed by atoms with van der Waals surface area (Å²) in [6.07, 6.45) is -4.49. The molecule has 0 aliphatic rings. The van der Waals surface area contributed by atoms with Crippen LogP contribution in [0.3, 0.4) is 0 Å². The molecule has 0 fully saturated rings. The minimum Gasteiger partial charge on any atom is -0.355 e. The zero-order chi connectivity index (χ0) is 12.5. The minimum atomic E-state index is -4.49. The predicted molar refractivity (Wildman–Crippen MR) is 64.3 cm³/mol. The maximum Gasteiger partial charge on any atom is 0.452 e. The van der Waals surface area contributed by atoms with Crippen molar-refractivity contribution in [2.75, 3.05) is 5.32 Å². The molecule has 0 spiro atoms. The van der Waals surface area contributed by atoms with Gasteiger partial charge in [-0.25, -0.2) is 0 Å². The fraction of sp³-hybridized carbons (Fsp3) is 0.250. The first-order valence-electron chi connectivity index (χ1n) is 4.33. The first-order chi connectivity index (χ1) is 7.97. The minimum absolute atomic E-state index is 0.164. The fourth-order valence-corrected chi connectivity index (χ4v) is 3.03. The molecule has 17 heavy (non-hydrogen) atoms. The number of halogens is 4. The van der Waals surface area contributed by atoms with Crippen molar-refractivity contribution < 1.29 is 13.2 Å². The Kier molecular flexibility index (Phi) is 3.69. The van der Waals surface area contributed by atoms with E-state index in [1.807, 2.05) is 11.4 Å². The molecule has 2 aromatic heterocycles. The average Bonchev–Trinajstić information content (AvgIpc) is 2.82. The topological polar surface area (TPSA) is 37.8 Å². The van der Waals surface area contributed by atoms with Gasteiger partial charge in [0.05, 0.1) is 6.54 Å². The van der Waals surface area contributed by atoms with Crippen molar-refractivity contribution in [3.8, 4) is 0 Å². The molecular formula is C8H5BrF3N3S2. The van der Waals surface area contributed by atoms with Crippen LogP contribution in [0.5, 0.6) is 0 Å². The van der Waals surface area contributed by atoms with Crippen molar-refractivity contribution in [1.29, 1.82) is 0 Å². The van der Waals surface area contributed by atoms with Crippen LogP contribution in [-0.4, -0.2) is 9.36 Å². The SMILES string of the molecule is FC(F)(F)c1nsc(NCc2sccc2Br)n1. The van der Waals surface area contributed by atoms with E-state index in [9.17, 15) is 13.2 Å². The first kappa shape index (κ1) is 12.8. The highest BCUT2D eigenvalue weighted by atomic mass is 79.9. The summed E-state index contributed by atoms with van der Waals surface area (Å²) in [6.45, 7) is 0.421. The highest BCUT2D eigenvalue weighted by Gasteiger charge is 2.36. The van der Waals surface area contributed by atoms with Gasteiger partial charge < -0.3 is 5.32 Å². The summed E-state index contributed by atoms with van der Waals surface area (Å²) in [5.41, 5.74) is 0. The standard InChI is InChI=1S/C8H5BrF3N3S2/c9-4-1-2-16-5(4)3-13-7-14-6(15-17-7)8(10,11)12/h1-2H,3H2,(H,13,14,15). The molecule has 1 N–H and O–H groups in total. The van der Waals surface area contributed by atoms with Gasteiger partial charge in [-0.15, -0.1) is 11.3 Å². The molecule has 0 aromatic carbocycles. The monoisotopic (exact) mass is 343 g/mol. The first-order valence-corrected chi connectivity index (χ1v) is 6.78. The van der Waals surface area contributed by atoms with E-state index in [1.54, 1.807) is 0 Å². The lowest BCUT2D eigenvalue weighted by Crippen LogP contribution is -2.07. The Bertz CT molecular complexity index is 508. The van der Waals surface area contributed by atoms with Crippen molar-refractivity contribution in [2.24, 2.45) is 0 Å². The van der Waals surface area contributed by atoms with E-state index in [0.29, 0.717) is 18.1 Å². The molecule has 0 bridgehead atoms. The molecule has 2 aromatic rings. The van der Waals surface area contributed by atoms with Crippen LogP contribution in [0, 0.1) is 0 Å². The second-order valence-corrected chi connectivity index (χ2v) is 5.57. The Morgan fingerprint density at radius 2 is 2.18 bits per heavy atom. The smallest absolute Gasteiger partial charge is 0.355 e. The molecule has 2 heterocycles. The van der Waals surface area contributed by atoms with Gasteiger partial charge in [-0.2, -0.15) is 22.5 Å². The maximum atomic E-state index is 12.2. The van der Waals surface area contributed by atoms with Crippen LogP contribution in [-0.2, 0) is 12.7 Å². The molecule has 0 amide bonds. The van der Waals surface area contributed by atoms with Gasteiger partial charge in [0, 0.05) is 20.9 Å². The molecular weight excluding hydrogens is 339 g/mol. The number of aromatic nitrogens is 2. The molecule has 9 heteroatoms. The molecule has 0 radical (unpaired) electrons. The lowest BCUT2D eigenvalue weighted by Gasteiger charge is -2.00. The maximum absolute atomic E-state index is 12.2. The number of anilines is 1. The Hall–Kier alpha value is -0.670. The van der Waals surface area contributed by atoms with Gasteiger partial charge in [0.2, 0.25) is 11.0 Å². The number of hydrogen-bond acceptors (Lipinski definition) is 5. The third-order valence-electron chi connectivity index (χ3n) is 1.77. The summed E-state index contributed by atoms with van der Waals surface area (Å²) < 4.78 is 40.9. The van der Waals surface area contributed by atoms with Crippen LogP contribution in [0.25, 0.3) is 0 Å². The number of nitrogens with one attached hydrogen (secondary N) is 1.